The van der Waals surface area contributed by atoms with Gasteiger partial charge in [0.2, 0.25) is 11.0 Å². The fourth-order valence-corrected chi connectivity index (χ4v) is 4.29. The van der Waals surface area contributed by atoms with Crippen LogP contribution in [0.25, 0.3) is 0 Å². The lowest BCUT2D eigenvalue weighted by molar-refractivity contribution is -0.115. The number of aromatic nitrogens is 5. The van der Waals surface area contributed by atoms with Crippen LogP contribution in [0.1, 0.15) is 35.8 Å². The van der Waals surface area contributed by atoms with Crippen molar-refractivity contribution in [3.8, 4) is 5.75 Å². The van der Waals surface area contributed by atoms with E-state index in [1.807, 2.05) is 57.4 Å². The van der Waals surface area contributed by atoms with Gasteiger partial charge in [-0.15, -0.1) is 20.4 Å². The molecule has 0 aliphatic rings. The average Bonchev–Trinajstić information content (AvgIpc) is 3.26. The number of nitrogens with one attached hydrogen (secondary N) is 1. The Morgan fingerprint density at radius 1 is 1.21 bits per heavy atom. The molecule has 3 aromatic rings. The summed E-state index contributed by atoms with van der Waals surface area (Å²) in [6, 6.07) is 6.05. The van der Waals surface area contributed by atoms with Gasteiger partial charge in [-0.2, -0.15) is 0 Å². The molecule has 0 bridgehead atoms. The second-order valence-electron chi connectivity index (χ2n) is 6.53. The molecule has 0 saturated heterocycles. The molecule has 8 nitrogen and oxygen atoms in total. The van der Waals surface area contributed by atoms with Crippen molar-refractivity contribution in [1.29, 1.82) is 0 Å². The van der Waals surface area contributed by atoms with Crippen LogP contribution in [0.4, 0.5) is 5.13 Å². The normalized spacial score (nSPS) is 12.0. The lowest BCUT2D eigenvalue weighted by atomic mass is 10.1. The van der Waals surface area contributed by atoms with Gasteiger partial charge in [-0.1, -0.05) is 41.3 Å². The second kappa shape index (κ2) is 9.36. The lowest BCUT2D eigenvalue weighted by Gasteiger charge is -2.13. The summed E-state index contributed by atoms with van der Waals surface area (Å²) < 4.78 is 7.99. The predicted molar refractivity (Wildman–Crippen MR) is 115 cm³/mol. The zero-order valence-electron chi connectivity index (χ0n) is 17.1. The minimum Gasteiger partial charge on any atom is -0.485 e. The van der Waals surface area contributed by atoms with Crippen LogP contribution >= 0.6 is 23.1 Å². The molecule has 2 aromatic heterocycles. The van der Waals surface area contributed by atoms with Gasteiger partial charge in [-0.05, 0) is 45.7 Å². The van der Waals surface area contributed by atoms with E-state index >= 15 is 0 Å². The zero-order chi connectivity index (χ0) is 21.0. The Kier molecular flexibility index (Phi) is 6.86. The second-order valence-corrected chi connectivity index (χ2v) is 9.02. The van der Waals surface area contributed by atoms with Crippen molar-refractivity contribution in [3.63, 3.8) is 0 Å². The molecule has 3 rings (SSSR count). The minimum absolute atomic E-state index is 0.148. The molecule has 0 aliphatic carbocycles. The highest BCUT2D eigenvalue weighted by Gasteiger charge is 2.21. The molecule has 1 aromatic carbocycles. The van der Waals surface area contributed by atoms with Crippen LogP contribution in [0.3, 0.4) is 0 Å². The number of anilines is 1. The first kappa shape index (κ1) is 21.3. The van der Waals surface area contributed by atoms with Crippen LogP contribution in [0.5, 0.6) is 5.75 Å². The summed E-state index contributed by atoms with van der Waals surface area (Å²) in [5, 5.41) is 20.8. The van der Waals surface area contributed by atoms with Crippen molar-refractivity contribution in [2.75, 3.05) is 5.32 Å². The summed E-state index contributed by atoms with van der Waals surface area (Å²) in [6.45, 7) is 10.7. The Bertz CT molecular complexity index is 980. The molecule has 0 fully saturated rings. The Morgan fingerprint density at radius 2 is 1.93 bits per heavy atom. The Morgan fingerprint density at radius 3 is 2.55 bits per heavy atom. The van der Waals surface area contributed by atoms with E-state index in [0.29, 0.717) is 23.4 Å². The molecule has 0 spiro atoms. The van der Waals surface area contributed by atoms with Crippen LogP contribution in [0.15, 0.2) is 23.4 Å². The molecule has 0 unspecified atom stereocenters. The summed E-state index contributed by atoms with van der Waals surface area (Å²) in [6.07, 6.45) is 0. The van der Waals surface area contributed by atoms with Gasteiger partial charge in [0.15, 0.2) is 11.0 Å². The molecule has 0 radical (unpaired) electrons. The van der Waals surface area contributed by atoms with Crippen LogP contribution in [0, 0.1) is 20.8 Å². The quantitative estimate of drug-likeness (QED) is 0.541. The maximum atomic E-state index is 12.4. The van der Waals surface area contributed by atoms with Gasteiger partial charge in [-0.25, -0.2) is 0 Å². The standard InChI is InChI=1S/C19H24N6O2S2/c1-6-25-15(10-27-16-11(2)8-7-9-12(16)3)22-24-19(25)28-13(4)17(26)20-18-23-21-14(5)29-18/h7-9,13H,6,10H2,1-5H3,(H,20,23,26)/t13-/m1/s1. The highest BCUT2D eigenvalue weighted by Crippen LogP contribution is 2.26. The maximum Gasteiger partial charge on any atom is 0.239 e. The first-order valence-electron chi connectivity index (χ1n) is 9.27. The number of aryl methyl sites for hydroxylation is 3. The molecule has 1 atom stereocenters. The van der Waals surface area contributed by atoms with Crippen LogP contribution in [-0.2, 0) is 17.9 Å². The van der Waals surface area contributed by atoms with Gasteiger partial charge in [0, 0.05) is 6.54 Å². The first-order valence-corrected chi connectivity index (χ1v) is 11.0. The summed E-state index contributed by atoms with van der Waals surface area (Å²) in [4.78, 5) is 12.4. The van der Waals surface area contributed by atoms with Crippen molar-refractivity contribution < 1.29 is 9.53 Å². The fraction of sp³-hybridized carbons (Fsp3) is 0.421. The molecule has 0 aliphatic heterocycles. The number of thioether (sulfide) groups is 1. The number of nitrogens with zero attached hydrogens (tertiary/aromatic N) is 5. The summed E-state index contributed by atoms with van der Waals surface area (Å²) in [5.74, 6) is 1.45. The van der Waals surface area contributed by atoms with Crippen molar-refractivity contribution in [1.82, 2.24) is 25.0 Å². The number of hydrogen-bond donors (Lipinski definition) is 1. The number of carbonyl (C=O) groups is 1. The van der Waals surface area contributed by atoms with E-state index in [-0.39, 0.29) is 11.2 Å². The number of ether oxygens (including phenoxy) is 1. The molecular formula is C19H24N6O2S2. The molecular weight excluding hydrogens is 408 g/mol. The molecule has 0 saturated carbocycles. The number of hydrogen-bond acceptors (Lipinski definition) is 8. The summed E-state index contributed by atoms with van der Waals surface area (Å²) in [7, 11) is 0. The topological polar surface area (TPSA) is 94.8 Å². The average molecular weight is 433 g/mol. The highest BCUT2D eigenvalue weighted by atomic mass is 32.2. The fourth-order valence-electron chi connectivity index (χ4n) is 2.76. The number of rotatable bonds is 8. The molecule has 1 N–H and O–H groups in total. The van der Waals surface area contributed by atoms with Crippen molar-refractivity contribution >= 4 is 34.1 Å². The van der Waals surface area contributed by atoms with E-state index in [9.17, 15) is 4.79 Å². The monoisotopic (exact) mass is 432 g/mol. The van der Waals surface area contributed by atoms with Gasteiger partial charge in [0.1, 0.15) is 17.4 Å². The van der Waals surface area contributed by atoms with E-state index < -0.39 is 0 Å². The van der Waals surface area contributed by atoms with Gasteiger partial charge >= 0.3 is 0 Å². The van der Waals surface area contributed by atoms with Crippen LogP contribution in [-0.4, -0.2) is 36.1 Å². The summed E-state index contributed by atoms with van der Waals surface area (Å²) >= 11 is 2.70. The third-order valence-electron chi connectivity index (χ3n) is 4.27. The maximum absolute atomic E-state index is 12.4. The predicted octanol–water partition coefficient (Wildman–Crippen LogP) is 3.77. The number of carbonyl (C=O) groups excluding carboxylic acids is 1. The molecule has 2 heterocycles. The van der Waals surface area contributed by atoms with Gasteiger partial charge < -0.3 is 9.30 Å². The third-order valence-corrected chi connectivity index (χ3v) is 6.11. The van der Waals surface area contributed by atoms with Crippen molar-refractivity contribution in [3.05, 3.63) is 40.2 Å². The SMILES string of the molecule is CCn1c(COc2c(C)cccc2C)nnc1S[C@H](C)C(=O)Nc1nnc(C)s1. The van der Waals surface area contributed by atoms with E-state index in [1.54, 1.807) is 0 Å². The smallest absolute Gasteiger partial charge is 0.239 e. The van der Waals surface area contributed by atoms with Crippen molar-refractivity contribution in [2.24, 2.45) is 0 Å². The Hall–Kier alpha value is -2.46. The largest absolute Gasteiger partial charge is 0.485 e. The van der Waals surface area contributed by atoms with Crippen LogP contribution < -0.4 is 10.1 Å². The molecule has 29 heavy (non-hydrogen) atoms. The zero-order valence-corrected chi connectivity index (χ0v) is 18.7. The highest BCUT2D eigenvalue weighted by molar-refractivity contribution is 8.00. The van der Waals surface area contributed by atoms with Crippen molar-refractivity contribution in [2.45, 2.75) is 58.2 Å². The number of benzene rings is 1. The van der Waals surface area contributed by atoms with E-state index in [0.717, 1.165) is 27.7 Å². The molecule has 10 heteroatoms. The Balaban J connectivity index is 1.66. The Labute approximate surface area is 178 Å². The minimum atomic E-state index is -0.360. The van der Waals surface area contributed by atoms with E-state index in [1.165, 1.54) is 23.1 Å². The van der Waals surface area contributed by atoms with Gasteiger partial charge in [0.05, 0.1) is 5.25 Å². The number of amides is 1. The van der Waals surface area contributed by atoms with Crippen LogP contribution in [0.2, 0.25) is 0 Å². The molecule has 1 amide bonds. The first-order chi connectivity index (χ1) is 13.9. The van der Waals surface area contributed by atoms with E-state index in [4.69, 9.17) is 4.74 Å². The van der Waals surface area contributed by atoms with Gasteiger partial charge in [0.25, 0.3) is 0 Å². The summed E-state index contributed by atoms with van der Waals surface area (Å²) in [5.41, 5.74) is 2.17. The number of para-hydroxylation sites is 1. The van der Waals surface area contributed by atoms with E-state index in [2.05, 4.69) is 25.7 Å². The van der Waals surface area contributed by atoms with Gasteiger partial charge in [-0.3, -0.25) is 10.1 Å². The lowest BCUT2D eigenvalue weighted by Crippen LogP contribution is -2.23. The molecule has 154 valence electrons. The third kappa shape index (κ3) is 5.13.